The third-order valence-electron chi connectivity index (χ3n) is 2.71. The van der Waals surface area contributed by atoms with Crippen LogP contribution in [-0.4, -0.2) is 18.3 Å². The first kappa shape index (κ1) is 16.3. The molecule has 0 atom stereocenters. The van der Waals surface area contributed by atoms with E-state index in [4.69, 9.17) is 11.6 Å². The van der Waals surface area contributed by atoms with Crippen LogP contribution in [-0.2, 0) is 0 Å². The van der Waals surface area contributed by atoms with Crippen LogP contribution in [0.15, 0.2) is 48.5 Å². The minimum absolute atomic E-state index is 0.190. The van der Waals surface area contributed by atoms with Crippen molar-refractivity contribution in [3.8, 4) is 5.75 Å². The Morgan fingerprint density at radius 1 is 1.05 bits per heavy atom. The van der Waals surface area contributed by atoms with Gasteiger partial charge in [0.25, 0.3) is 0 Å². The van der Waals surface area contributed by atoms with Gasteiger partial charge in [0, 0.05) is 16.1 Å². The van der Waals surface area contributed by atoms with E-state index in [0.717, 1.165) is 12.1 Å². The molecule has 0 unspecified atom stereocenters. The van der Waals surface area contributed by atoms with E-state index in [1.54, 1.807) is 18.2 Å². The van der Waals surface area contributed by atoms with Gasteiger partial charge in [0.05, 0.1) is 0 Å². The zero-order chi connectivity index (χ0) is 16.3. The molecule has 0 aliphatic heterocycles. The highest BCUT2D eigenvalue weighted by molar-refractivity contribution is 6.31. The molecule has 0 bridgehead atoms. The van der Waals surface area contributed by atoms with Crippen LogP contribution in [0.5, 0.6) is 5.75 Å². The van der Waals surface area contributed by atoms with E-state index in [1.165, 1.54) is 18.2 Å². The van der Waals surface area contributed by atoms with Crippen molar-refractivity contribution in [3.05, 3.63) is 64.7 Å². The Labute approximate surface area is 128 Å². The van der Waals surface area contributed by atoms with E-state index in [9.17, 15) is 22.4 Å². The van der Waals surface area contributed by atoms with E-state index in [2.05, 4.69) is 4.74 Å². The van der Waals surface area contributed by atoms with Gasteiger partial charge in [-0.3, -0.25) is 4.79 Å². The first-order valence-corrected chi connectivity index (χ1v) is 6.43. The lowest BCUT2D eigenvalue weighted by molar-refractivity contribution is -0.253. The summed E-state index contributed by atoms with van der Waals surface area (Å²) in [6.45, 7) is 0. The molecule has 0 aromatic heterocycles. The smallest absolute Gasteiger partial charge is 0.428 e. The summed E-state index contributed by atoms with van der Waals surface area (Å²) in [5.74, 6) is -0.845. The Bertz CT molecular complexity index is 671. The number of benzene rings is 2. The molecule has 0 fully saturated rings. The molecule has 2 rings (SSSR count). The van der Waals surface area contributed by atoms with Crippen LogP contribution < -0.4 is 4.74 Å². The lowest BCUT2D eigenvalue weighted by atomic mass is 10.0. The second-order valence-electron chi connectivity index (χ2n) is 4.33. The molecule has 0 spiro atoms. The molecule has 0 saturated carbocycles. The number of carbonyl (C=O) groups excluding carboxylic acids is 1. The molecule has 0 N–H and O–H groups in total. The largest absolute Gasteiger partial charge is 0.461 e. The summed E-state index contributed by atoms with van der Waals surface area (Å²) in [5.41, 5.74) is 0.508. The normalized spacial score (nSPS) is 11.5. The van der Waals surface area contributed by atoms with Crippen molar-refractivity contribution in [3.63, 3.8) is 0 Å². The van der Waals surface area contributed by atoms with Crippen molar-refractivity contribution < 1.29 is 27.1 Å². The standard InChI is InChI=1S/C15H9ClF4O2/c16-11-3-1-2-10(8-11)13(21)9-4-6-12(7-5-9)22-15(19,20)14(17)18/h1-8,14H. The SMILES string of the molecule is O=C(c1ccc(OC(F)(F)C(F)F)cc1)c1cccc(Cl)c1. The van der Waals surface area contributed by atoms with E-state index in [0.29, 0.717) is 10.6 Å². The molecule has 0 radical (unpaired) electrons. The summed E-state index contributed by atoms with van der Waals surface area (Å²) in [7, 11) is 0. The molecule has 0 heterocycles. The van der Waals surface area contributed by atoms with E-state index < -0.39 is 18.3 Å². The molecule has 0 amide bonds. The summed E-state index contributed by atoms with van der Waals surface area (Å²) in [6.07, 6.45) is -8.53. The van der Waals surface area contributed by atoms with Gasteiger partial charge in [0.2, 0.25) is 0 Å². The average molecular weight is 333 g/mol. The minimum atomic E-state index is -4.58. The van der Waals surface area contributed by atoms with Crippen LogP contribution in [0.3, 0.4) is 0 Å². The van der Waals surface area contributed by atoms with Crippen LogP contribution in [0.2, 0.25) is 5.02 Å². The Kier molecular flexibility index (Phi) is 4.71. The summed E-state index contributed by atoms with van der Waals surface area (Å²) in [5, 5.41) is 0.377. The summed E-state index contributed by atoms with van der Waals surface area (Å²) >= 11 is 5.78. The maximum Gasteiger partial charge on any atom is 0.461 e. The van der Waals surface area contributed by atoms with Crippen LogP contribution in [0.4, 0.5) is 17.6 Å². The molecular weight excluding hydrogens is 324 g/mol. The third-order valence-corrected chi connectivity index (χ3v) is 2.95. The van der Waals surface area contributed by atoms with E-state index in [-0.39, 0.29) is 11.3 Å². The summed E-state index contributed by atoms with van der Waals surface area (Å²) in [4.78, 5) is 12.1. The fraction of sp³-hybridized carbons (Fsp3) is 0.133. The molecule has 116 valence electrons. The van der Waals surface area contributed by atoms with Gasteiger partial charge >= 0.3 is 12.5 Å². The average Bonchev–Trinajstić information content (AvgIpc) is 2.47. The van der Waals surface area contributed by atoms with E-state index in [1.807, 2.05) is 0 Å². The number of rotatable bonds is 5. The second kappa shape index (κ2) is 6.36. The molecule has 2 aromatic carbocycles. The number of ketones is 1. The van der Waals surface area contributed by atoms with Gasteiger partial charge in [-0.15, -0.1) is 0 Å². The van der Waals surface area contributed by atoms with Gasteiger partial charge in [-0.1, -0.05) is 23.7 Å². The molecule has 22 heavy (non-hydrogen) atoms. The number of carbonyl (C=O) groups is 1. The van der Waals surface area contributed by atoms with Crippen molar-refractivity contribution in [1.82, 2.24) is 0 Å². The highest BCUT2D eigenvalue weighted by Gasteiger charge is 2.43. The summed E-state index contributed by atoms with van der Waals surface area (Å²) in [6, 6.07) is 10.7. The number of halogens is 5. The molecule has 2 aromatic rings. The monoisotopic (exact) mass is 332 g/mol. The Hall–Kier alpha value is -2.08. The molecule has 0 aliphatic carbocycles. The second-order valence-corrected chi connectivity index (χ2v) is 4.76. The maximum atomic E-state index is 12.7. The van der Waals surface area contributed by atoms with Gasteiger partial charge < -0.3 is 4.74 Å². The third kappa shape index (κ3) is 3.76. The first-order valence-electron chi connectivity index (χ1n) is 6.05. The van der Waals surface area contributed by atoms with Crippen molar-refractivity contribution in [2.24, 2.45) is 0 Å². The van der Waals surface area contributed by atoms with Crippen molar-refractivity contribution >= 4 is 17.4 Å². The van der Waals surface area contributed by atoms with E-state index >= 15 is 0 Å². The Morgan fingerprint density at radius 2 is 1.68 bits per heavy atom. The van der Waals surface area contributed by atoms with Gasteiger partial charge in [-0.05, 0) is 36.4 Å². The quantitative estimate of drug-likeness (QED) is 0.580. The lowest BCUT2D eigenvalue weighted by Gasteiger charge is -2.16. The molecule has 0 saturated heterocycles. The fourth-order valence-electron chi connectivity index (χ4n) is 1.67. The first-order chi connectivity index (χ1) is 10.3. The van der Waals surface area contributed by atoms with Crippen molar-refractivity contribution in [2.45, 2.75) is 12.5 Å². The topological polar surface area (TPSA) is 26.3 Å². The van der Waals surface area contributed by atoms with Crippen LogP contribution in [0, 0.1) is 0 Å². The van der Waals surface area contributed by atoms with Gasteiger partial charge in [0.15, 0.2) is 5.78 Å². The van der Waals surface area contributed by atoms with Crippen LogP contribution in [0.25, 0.3) is 0 Å². The number of ether oxygens (including phenoxy) is 1. The Morgan fingerprint density at radius 3 is 2.23 bits per heavy atom. The fourth-order valence-corrected chi connectivity index (χ4v) is 1.86. The van der Waals surface area contributed by atoms with Gasteiger partial charge in [0.1, 0.15) is 5.75 Å². The van der Waals surface area contributed by atoms with Crippen LogP contribution >= 0.6 is 11.6 Å². The highest BCUT2D eigenvalue weighted by Crippen LogP contribution is 2.27. The number of hydrogen-bond donors (Lipinski definition) is 0. The molecule has 0 aliphatic rings. The molecule has 7 heteroatoms. The van der Waals surface area contributed by atoms with Crippen LogP contribution in [0.1, 0.15) is 15.9 Å². The molecule has 2 nitrogen and oxygen atoms in total. The lowest BCUT2D eigenvalue weighted by Crippen LogP contribution is -2.33. The number of hydrogen-bond acceptors (Lipinski definition) is 2. The minimum Gasteiger partial charge on any atom is -0.428 e. The number of alkyl halides is 4. The predicted molar refractivity (Wildman–Crippen MR) is 72.9 cm³/mol. The Balaban J connectivity index is 2.17. The van der Waals surface area contributed by atoms with Crippen molar-refractivity contribution in [1.29, 1.82) is 0 Å². The molecular formula is C15H9ClF4O2. The van der Waals surface area contributed by atoms with Gasteiger partial charge in [-0.2, -0.15) is 17.6 Å². The predicted octanol–water partition coefficient (Wildman–Crippen LogP) is 4.81. The van der Waals surface area contributed by atoms with Crippen molar-refractivity contribution in [2.75, 3.05) is 0 Å². The zero-order valence-electron chi connectivity index (χ0n) is 10.9. The summed E-state index contributed by atoms with van der Waals surface area (Å²) < 4.78 is 53.4. The van der Waals surface area contributed by atoms with Gasteiger partial charge in [-0.25, -0.2) is 0 Å². The zero-order valence-corrected chi connectivity index (χ0v) is 11.7. The highest BCUT2D eigenvalue weighted by atomic mass is 35.5. The maximum absolute atomic E-state index is 12.7.